The lowest BCUT2D eigenvalue weighted by molar-refractivity contribution is -0.128. The van der Waals surface area contributed by atoms with Gasteiger partial charge in [0.2, 0.25) is 11.8 Å². The summed E-state index contributed by atoms with van der Waals surface area (Å²) in [6.45, 7) is 2.64. The number of pyridine rings is 1. The van der Waals surface area contributed by atoms with Crippen LogP contribution in [0.1, 0.15) is 0 Å². The highest BCUT2D eigenvalue weighted by molar-refractivity contribution is 8.00. The molecule has 9 heteroatoms. The van der Waals surface area contributed by atoms with Crippen molar-refractivity contribution < 1.29 is 14.0 Å². The van der Waals surface area contributed by atoms with E-state index in [2.05, 4.69) is 15.2 Å². The maximum atomic E-state index is 12.9. The molecule has 0 saturated carbocycles. The van der Waals surface area contributed by atoms with E-state index in [0.717, 1.165) is 5.82 Å². The van der Waals surface area contributed by atoms with Gasteiger partial charge in [-0.05, 0) is 36.4 Å². The SMILES string of the molecule is O=C(CSCC(=O)N1CCN(c2ccc(Cl)cn2)CC1)Nc1ccc(F)cc1. The summed E-state index contributed by atoms with van der Waals surface area (Å²) in [6.07, 6.45) is 1.61. The van der Waals surface area contributed by atoms with E-state index in [4.69, 9.17) is 11.6 Å². The first kappa shape index (κ1) is 20.4. The van der Waals surface area contributed by atoms with E-state index in [-0.39, 0.29) is 29.1 Å². The first-order chi connectivity index (χ1) is 13.5. The van der Waals surface area contributed by atoms with Crippen LogP contribution in [0.15, 0.2) is 42.6 Å². The van der Waals surface area contributed by atoms with Crippen LogP contribution in [0.3, 0.4) is 0 Å². The molecular weight excluding hydrogens is 403 g/mol. The number of carbonyl (C=O) groups excluding carboxylic acids is 2. The van der Waals surface area contributed by atoms with Gasteiger partial charge in [-0.2, -0.15) is 0 Å². The minimum absolute atomic E-state index is 0.0169. The number of hydrogen-bond acceptors (Lipinski definition) is 5. The van der Waals surface area contributed by atoms with Gasteiger partial charge in [0, 0.05) is 38.1 Å². The van der Waals surface area contributed by atoms with Crippen LogP contribution in [-0.4, -0.2) is 59.4 Å². The van der Waals surface area contributed by atoms with Gasteiger partial charge in [-0.3, -0.25) is 9.59 Å². The molecule has 2 amide bonds. The predicted octanol–water partition coefficient (Wildman–Crippen LogP) is 2.89. The number of halogens is 2. The van der Waals surface area contributed by atoms with Crippen LogP contribution in [0.4, 0.5) is 15.9 Å². The summed E-state index contributed by atoms with van der Waals surface area (Å²) in [5.74, 6) is 0.702. The molecule has 0 atom stereocenters. The lowest BCUT2D eigenvalue weighted by Crippen LogP contribution is -2.49. The monoisotopic (exact) mass is 422 g/mol. The van der Waals surface area contributed by atoms with Gasteiger partial charge >= 0.3 is 0 Å². The van der Waals surface area contributed by atoms with Gasteiger partial charge in [0.25, 0.3) is 0 Å². The molecule has 1 N–H and O–H groups in total. The molecule has 0 aliphatic carbocycles. The molecule has 0 unspecified atom stereocenters. The van der Waals surface area contributed by atoms with E-state index in [9.17, 15) is 14.0 Å². The second-order valence-electron chi connectivity index (χ2n) is 6.25. The van der Waals surface area contributed by atoms with Crippen molar-refractivity contribution in [2.75, 3.05) is 47.9 Å². The van der Waals surface area contributed by atoms with E-state index < -0.39 is 0 Å². The van der Waals surface area contributed by atoms with E-state index >= 15 is 0 Å². The third-order valence-electron chi connectivity index (χ3n) is 4.25. The average molecular weight is 423 g/mol. The fourth-order valence-electron chi connectivity index (χ4n) is 2.79. The van der Waals surface area contributed by atoms with Crippen molar-refractivity contribution in [2.45, 2.75) is 0 Å². The molecule has 1 fully saturated rings. The van der Waals surface area contributed by atoms with Gasteiger partial charge in [-0.25, -0.2) is 9.37 Å². The van der Waals surface area contributed by atoms with Gasteiger partial charge in [0.05, 0.1) is 16.5 Å². The summed E-state index contributed by atoms with van der Waals surface area (Å²) in [5.41, 5.74) is 0.533. The van der Waals surface area contributed by atoms with Crippen LogP contribution in [0.25, 0.3) is 0 Å². The smallest absolute Gasteiger partial charge is 0.234 e. The number of piperazine rings is 1. The van der Waals surface area contributed by atoms with Crippen LogP contribution in [-0.2, 0) is 9.59 Å². The quantitative estimate of drug-likeness (QED) is 0.775. The number of anilines is 2. The summed E-state index contributed by atoms with van der Waals surface area (Å²) in [7, 11) is 0. The fraction of sp³-hybridized carbons (Fsp3) is 0.316. The van der Waals surface area contributed by atoms with E-state index in [1.807, 2.05) is 6.07 Å². The van der Waals surface area contributed by atoms with Crippen LogP contribution in [0.5, 0.6) is 0 Å². The lowest BCUT2D eigenvalue weighted by atomic mass is 10.3. The van der Waals surface area contributed by atoms with Crippen molar-refractivity contribution in [2.24, 2.45) is 0 Å². The minimum Gasteiger partial charge on any atom is -0.353 e. The van der Waals surface area contributed by atoms with Crippen molar-refractivity contribution >= 4 is 46.7 Å². The summed E-state index contributed by atoms with van der Waals surface area (Å²) < 4.78 is 12.9. The highest BCUT2D eigenvalue weighted by Crippen LogP contribution is 2.17. The molecular formula is C19H20ClFN4O2S. The first-order valence-electron chi connectivity index (χ1n) is 8.79. The number of nitrogens with zero attached hydrogens (tertiary/aromatic N) is 3. The van der Waals surface area contributed by atoms with E-state index in [1.54, 1.807) is 17.2 Å². The lowest BCUT2D eigenvalue weighted by Gasteiger charge is -2.35. The first-order valence-corrected chi connectivity index (χ1v) is 10.3. The largest absolute Gasteiger partial charge is 0.353 e. The third-order valence-corrected chi connectivity index (χ3v) is 5.40. The molecule has 0 radical (unpaired) electrons. The molecule has 3 rings (SSSR count). The number of thioether (sulfide) groups is 1. The predicted molar refractivity (Wildman–Crippen MR) is 110 cm³/mol. The summed E-state index contributed by atoms with van der Waals surface area (Å²) in [6, 6.07) is 9.23. The number of hydrogen-bond donors (Lipinski definition) is 1. The second-order valence-corrected chi connectivity index (χ2v) is 7.67. The molecule has 2 heterocycles. The highest BCUT2D eigenvalue weighted by atomic mass is 35.5. The molecule has 0 spiro atoms. The Morgan fingerprint density at radius 3 is 2.43 bits per heavy atom. The number of benzene rings is 1. The average Bonchev–Trinajstić information content (AvgIpc) is 2.70. The van der Waals surface area contributed by atoms with Gasteiger partial charge < -0.3 is 15.1 Å². The molecule has 1 aliphatic heterocycles. The third kappa shape index (κ3) is 5.84. The van der Waals surface area contributed by atoms with Crippen molar-refractivity contribution in [1.29, 1.82) is 0 Å². The Labute approximate surface area is 172 Å². The molecule has 1 aromatic carbocycles. The zero-order chi connectivity index (χ0) is 19.9. The standard InChI is InChI=1S/C19H20ClFN4O2S/c20-14-1-6-17(22-11-14)24-7-9-25(10-8-24)19(27)13-28-12-18(26)23-16-4-2-15(21)3-5-16/h1-6,11H,7-10,12-13H2,(H,23,26). The van der Waals surface area contributed by atoms with Gasteiger partial charge in [0.15, 0.2) is 0 Å². The van der Waals surface area contributed by atoms with Crippen LogP contribution in [0.2, 0.25) is 5.02 Å². The van der Waals surface area contributed by atoms with Crippen LogP contribution < -0.4 is 10.2 Å². The fourth-order valence-corrected chi connectivity index (χ4v) is 3.62. The number of rotatable bonds is 6. The Morgan fingerprint density at radius 1 is 1.07 bits per heavy atom. The Hall–Kier alpha value is -2.32. The number of nitrogens with one attached hydrogen (secondary N) is 1. The minimum atomic E-state index is -0.357. The molecule has 1 saturated heterocycles. The van der Waals surface area contributed by atoms with Crippen molar-refractivity contribution in [3.63, 3.8) is 0 Å². The Kier molecular flexibility index (Phi) is 7.11. The molecule has 0 bridgehead atoms. The van der Waals surface area contributed by atoms with E-state index in [0.29, 0.717) is 36.9 Å². The topological polar surface area (TPSA) is 65.5 Å². The van der Waals surface area contributed by atoms with Gasteiger partial charge in [0.1, 0.15) is 11.6 Å². The molecule has 1 aliphatic rings. The molecule has 1 aromatic heterocycles. The number of amides is 2. The zero-order valence-corrected chi connectivity index (χ0v) is 16.7. The normalized spacial score (nSPS) is 14.1. The summed E-state index contributed by atoms with van der Waals surface area (Å²) in [4.78, 5) is 32.5. The number of carbonyl (C=O) groups is 2. The Morgan fingerprint density at radius 2 is 1.79 bits per heavy atom. The molecule has 148 valence electrons. The van der Waals surface area contributed by atoms with Gasteiger partial charge in [-0.1, -0.05) is 11.6 Å². The number of aromatic nitrogens is 1. The Balaban J connectivity index is 1.37. The van der Waals surface area contributed by atoms with Crippen LogP contribution >= 0.6 is 23.4 Å². The Bertz CT molecular complexity index is 812. The molecule has 6 nitrogen and oxygen atoms in total. The zero-order valence-electron chi connectivity index (χ0n) is 15.1. The summed E-state index contributed by atoms with van der Waals surface area (Å²) in [5, 5.41) is 3.27. The maximum Gasteiger partial charge on any atom is 0.234 e. The second kappa shape index (κ2) is 9.75. The highest BCUT2D eigenvalue weighted by Gasteiger charge is 2.21. The maximum absolute atomic E-state index is 12.9. The van der Waals surface area contributed by atoms with Crippen molar-refractivity contribution in [3.8, 4) is 0 Å². The summed E-state index contributed by atoms with van der Waals surface area (Å²) >= 11 is 7.12. The van der Waals surface area contributed by atoms with Crippen LogP contribution in [0, 0.1) is 5.82 Å². The van der Waals surface area contributed by atoms with Gasteiger partial charge in [-0.15, -0.1) is 11.8 Å². The van der Waals surface area contributed by atoms with Crippen molar-refractivity contribution in [3.05, 3.63) is 53.4 Å². The molecule has 28 heavy (non-hydrogen) atoms. The van der Waals surface area contributed by atoms with E-state index in [1.165, 1.54) is 36.0 Å². The van der Waals surface area contributed by atoms with Crippen molar-refractivity contribution in [1.82, 2.24) is 9.88 Å². The molecule has 2 aromatic rings.